The molecule has 1 atom stereocenters. The van der Waals surface area contributed by atoms with Crippen LogP contribution in [0.1, 0.15) is 50.6 Å². The summed E-state index contributed by atoms with van der Waals surface area (Å²) in [5.41, 5.74) is 10.4. The zero-order chi connectivity index (χ0) is 25.5. The summed E-state index contributed by atoms with van der Waals surface area (Å²) in [6, 6.07) is 11.1. The van der Waals surface area contributed by atoms with Gasteiger partial charge in [-0.3, -0.25) is 4.68 Å². The van der Waals surface area contributed by atoms with Gasteiger partial charge in [-0.2, -0.15) is 5.10 Å². The Bertz CT molecular complexity index is 1470. The van der Waals surface area contributed by atoms with Gasteiger partial charge in [-0.25, -0.2) is 13.8 Å². The number of halogens is 3. The average Bonchev–Trinajstić information content (AvgIpc) is 3.06. The van der Waals surface area contributed by atoms with Gasteiger partial charge in [-0.1, -0.05) is 30.5 Å². The van der Waals surface area contributed by atoms with Gasteiger partial charge in [0.05, 0.1) is 21.6 Å². The Hall–Kier alpha value is -3.43. The molecule has 0 saturated heterocycles. The molecule has 35 heavy (non-hydrogen) atoms. The molecule has 180 valence electrons. The highest BCUT2D eigenvalue weighted by Crippen LogP contribution is 2.39. The van der Waals surface area contributed by atoms with Crippen LogP contribution in [0.4, 0.5) is 14.6 Å². The molecule has 0 bridgehead atoms. The van der Waals surface area contributed by atoms with E-state index in [0.29, 0.717) is 33.9 Å². The number of pyridine rings is 1. The third-order valence-electron chi connectivity index (χ3n) is 5.68. The highest BCUT2D eigenvalue weighted by atomic mass is 35.5. The fraction of sp³-hybridized carbons (Fsp3) is 0.286. The number of rotatable bonds is 4. The maximum Gasteiger partial charge on any atom is 0.154 e. The maximum absolute atomic E-state index is 13.9. The number of aryl methyl sites for hydroxylation is 1. The lowest BCUT2D eigenvalue weighted by atomic mass is 9.90. The van der Waals surface area contributed by atoms with E-state index in [9.17, 15) is 8.78 Å². The van der Waals surface area contributed by atoms with E-state index in [0.717, 1.165) is 28.4 Å². The predicted molar refractivity (Wildman–Crippen MR) is 138 cm³/mol. The lowest BCUT2D eigenvalue weighted by molar-refractivity contribution is 0.571. The van der Waals surface area contributed by atoms with Crippen molar-refractivity contribution in [1.82, 2.24) is 14.8 Å². The molecule has 4 rings (SSSR count). The smallest absolute Gasteiger partial charge is 0.154 e. The summed E-state index contributed by atoms with van der Waals surface area (Å²) in [6.07, 6.45) is 0.398. The van der Waals surface area contributed by atoms with Crippen LogP contribution in [0.15, 0.2) is 42.5 Å². The molecule has 0 aliphatic rings. The van der Waals surface area contributed by atoms with Crippen LogP contribution in [0.3, 0.4) is 0 Å². The molecule has 4 aromatic rings. The summed E-state index contributed by atoms with van der Waals surface area (Å²) >= 11 is 6.45. The highest BCUT2D eigenvalue weighted by molar-refractivity contribution is 6.37. The summed E-state index contributed by atoms with van der Waals surface area (Å²) in [4.78, 5) is 4.90. The quantitative estimate of drug-likeness (QED) is 0.315. The van der Waals surface area contributed by atoms with Gasteiger partial charge < -0.3 is 5.73 Å². The largest absolute Gasteiger partial charge is 0.382 e. The van der Waals surface area contributed by atoms with Crippen LogP contribution in [-0.2, 0) is 13.5 Å². The zero-order valence-electron chi connectivity index (χ0n) is 20.4. The number of benzene rings is 2. The summed E-state index contributed by atoms with van der Waals surface area (Å²) in [6.45, 7) is 8.09. The fourth-order valence-corrected chi connectivity index (χ4v) is 4.45. The van der Waals surface area contributed by atoms with Crippen molar-refractivity contribution in [3.8, 4) is 23.0 Å². The number of hydrogen-bond acceptors (Lipinski definition) is 3. The zero-order valence-corrected chi connectivity index (χ0v) is 21.1. The minimum Gasteiger partial charge on any atom is -0.382 e. The van der Waals surface area contributed by atoms with Crippen LogP contribution in [0.25, 0.3) is 22.0 Å². The fourth-order valence-electron chi connectivity index (χ4n) is 4.20. The summed E-state index contributed by atoms with van der Waals surface area (Å²) in [5, 5.41) is 5.55. The molecular weight excluding hydrogens is 466 g/mol. The van der Waals surface area contributed by atoms with Crippen molar-refractivity contribution in [3.05, 3.63) is 76.1 Å². The van der Waals surface area contributed by atoms with Crippen LogP contribution in [0.2, 0.25) is 5.02 Å². The first kappa shape index (κ1) is 24.7. The van der Waals surface area contributed by atoms with E-state index in [1.54, 1.807) is 10.7 Å². The molecule has 0 spiro atoms. The van der Waals surface area contributed by atoms with Crippen molar-refractivity contribution >= 4 is 28.3 Å². The molecule has 0 aliphatic heterocycles. The van der Waals surface area contributed by atoms with Gasteiger partial charge in [-0.05, 0) is 69.0 Å². The first-order valence-electron chi connectivity index (χ1n) is 11.3. The van der Waals surface area contributed by atoms with Crippen LogP contribution >= 0.6 is 11.6 Å². The standard InChI is InChI=1S/C28H27ClF2N4/c1-16(12-17-13-18(30)15-19(31)14-17)25-21(7-6-20(33-25)10-11-28(2,3)4)22-8-9-23(29)24-26(22)35(5)34-27(24)32/h6-9,13-16H,12H2,1-5H3,(H2,32,34)/t16-/m0/s1. The third kappa shape index (κ3) is 5.31. The normalized spacial score (nSPS) is 12.5. The summed E-state index contributed by atoms with van der Waals surface area (Å²) in [5.74, 6) is 5.36. The first-order chi connectivity index (χ1) is 16.4. The number of aromatic nitrogens is 3. The molecule has 2 aromatic heterocycles. The molecule has 0 radical (unpaired) electrons. The number of nitrogens with two attached hydrogens (primary N) is 1. The van der Waals surface area contributed by atoms with Gasteiger partial charge in [0.15, 0.2) is 5.82 Å². The van der Waals surface area contributed by atoms with Crippen LogP contribution in [0, 0.1) is 28.9 Å². The molecule has 7 heteroatoms. The van der Waals surface area contributed by atoms with Gasteiger partial charge in [0, 0.05) is 35.6 Å². The molecule has 2 heterocycles. The highest BCUT2D eigenvalue weighted by Gasteiger charge is 2.21. The number of hydrogen-bond donors (Lipinski definition) is 1. The molecule has 0 amide bonds. The van der Waals surface area contributed by atoms with Gasteiger partial charge >= 0.3 is 0 Å². The molecule has 4 nitrogen and oxygen atoms in total. The second-order valence-electron chi connectivity index (χ2n) is 9.84. The Balaban J connectivity index is 1.90. The topological polar surface area (TPSA) is 56.7 Å². The molecule has 0 aliphatic carbocycles. The van der Waals surface area contributed by atoms with Gasteiger partial charge in [0.25, 0.3) is 0 Å². The van der Waals surface area contributed by atoms with E-state index in [4.69, 9.17) is 22.3 Å². The third-order valence-corrected chi connectivity index (χ3v) is 5.99. The van der Waals surface area contributed by atoms with E-state index in [1.165, 1.54) is 12.1 Å². The summed E-state index contributed by atoms with van der Waals surface area (Å²) in [7, 11) is 1.81. The van der Waals surface area contributed by atoms with E-state index in [2.05, 4.69) is 16.9 Å². The minimum absolute atomic E-state index is 0.168. The van der Waals surface area contributed by atoms with Crippen LogP contribution in [-0.4, -0.2) is 14.8 Å². The van der Waals surface area contributed by atoms with Gasteiger partial charge in [0.2, 0.25) is 0 Å². The second-order valence-corrected chi connectivity index (χ2v) is 10.2. The predicted octanol–water partition coefficient (Wildman–Crippen LogP) is 6.89. The second kappa shape index (κ2) is 9.31. The minimum atomic E-state index is -0.602. The van der Waals surface area contributed by atoms with Crippen molar-refractivity contribution in [2.45, 2.75) is 40.0 Å². The van der Waals surface area contributed by atoms with Gasteiger partial charge in [-0.15, -0.1) is 0 Å². The van der Waals surface area contributed by atoms with Crippen molar-refractivity contribution < 1.29 is 8.78 Å². The average molecular weight is 493 g/mol. The number of anilines is 1. The van der Waals surface area contributed by atoms with E-state index in [1.807, 2.05) is 52.9 Å². The Labute approximate surface area is 209 Å². The van der Waals surface area contributed by atoms with E-state index < -0.39 is 11.6 Å². The molecule has 0 saturated carbocycles. The van der Waals surface area contributed by atoms with Crippen molar-refractivity contribution in [3.63, 3.8) is 0 Å². The first-order valence-corrected chi connectivity index (χ1v) is 11.7. The number of nitrogens with zero attached hydrogens (tertiary/aromatic N) is 3. The Kier molecular flexibility index (Phi) is 6.57. The van der Waals surface area contributed by atoms with Crippen molar-refractivity contribution in [2.24, 2.45) is 12.5 Å². The van der Waals surface area contributed by atoms with Crippen molar-refractivity contribution in [2.75, 3.05) is 5.73 Å². The van der Waals surface area contributed by atoms with Crippen molar-refractivity contribution in [1.29, 1.82) is 0 Å². The summed E-state index contributed by atoms with van der Waals surface area (Å²) < 4.78 is 29.4. The number of nitrogen functional groups attached to an aromatic ring is 1. The molecule has 0 fully saturated rings. The monoisotopic (exact) mass is 492 g/mol. The molecule has 0 unspecified atom stereocenters. The molecule has 2 aromatic carbocycles. The Morgan fingerprint density at radius 3 is 2.37 bits per heavy atom. The Morgan fingerprint density at radius 2 is 1.71 bits per heavy atom. The van der Waals surface area contributed by atoms with E-state index >= 15 is 0 Å². The molecule has 2 N–H and O–H groups in total. The lowest BCUT2D eigenvalue weighted by Gasteiger charge is -2.18. The van der Waals surface area contributed by atoms with Crippen LogP contribution in [0.5, 0.6) is 0 Å². The molecular formula is C28H27ClF2N4. The van der Waals surface area contributed by atoms with E-state index in [-0.39, 0.29) is 11.3 Å². The number of fused-ring (bicyclic) bond motifs is 1. The van der Waals surface area contributed by atoms with Crippen LogP contribution < -0.4 is 5.73 Å². The lowest BCUT2D eigenvalue weighted by Crippen LogP contribution is -2.07. The Morgan fingerprint density at radius 1 is 1.06 bits per heavy atom. The SMILES string of the molecule is C[C@@H](Cc1cc(F)cc(F)c1)c1nc(C#CC(C)(C)C)ccc1-c1ccc(Cl)c2c(N)nn(C)c12. The van der Waals surface area contributed by atoms with Gasteiger partial charge in [0.1, 0.15) is 17.3 Å². The maximum atomic E-state index is 13.9.